The molecule has 0 N–H and O–H groups in total. The molecule has 54 heavy (non-hydrogen) atoms. The van der Waals surface area contributed by atoms with Gasteiger partial charge >= 0.3 is 0 Å². The van der Waals surface area contributed by atoms with Crippen LogP contribution in [0.1, 0.15) is 66.8 Å². The van der Waals surface area contributed by atoms with Crippen molar-refractivity contribution in [1.29, 1.82) is 42.1 Å². The first-order valence-corrected chi connectivity index (χ1v) is 16.2. The zero-order valence-corrected chi connectivity index (χ0v) is 28.0. The Morgan fingerprint density at radius 3 is 0.963 bits per heavy atom. The lowest BCUT2D eigenvalue weighted by atomic mass is 9.86. The van der Waals surface area contributed by atoms with Crippen LogP contribution in [0.5, 0.6) is 0 Å². The zero-order chi connectivity index (χ0) is 37.9. The van der Waals surface area contributed by atoms with Crippen LogP contribution in [0.25, 0.3) is 44.6 Å². The summed E-state index contributed by atoms with van der Waals surface area (Å²) in [7, 11) is 0. The van der Waals surface area contributed by atoms with Gasteiger partial charge in [-0.1, -0.05) is 60.7 Å². The molecule has 0 amide bonds. The number of hydrogen-bond donors (Lipinski definition) is 0. The monoisotopic (exact) mass is 682 g/mol. The summed E-state index contributed by atoms with van der Waals surface area (Å²) < 4.78 is 0. The van der Waals surface area contributed by atoms with Gasteiger partial charge in [-0.3, -0.25) is 0 Å². The van der Waals surface area contributed by atoms with Crippen molar-refractivity contribution in [2.45, 2.75) is 0 Å². The minimum Gasteiger partial charge on any atom is -0.192 e. The van der Waals surface area contributed by atoms with E-state index in [0.717, 1.165) is 0 Å². The largest absolute Gasteiger partial charge is 0.192 e. The second kappa shape index (κ2) is 13.7. The molecule has 8 nitrogen and oxygen atoms in total. The molecule has 2 aliphatic rings. The molecule has 0 bridgehead atoms. The maximum atomic E-state index is 10.9. The van der Waals surface area contributed by atoms with Crippen LogP contribution in [0.15, 0.2) is 109 Å². The summed E-state index contributed by atoms with van der Waals surface area (Å²) in [6.45, 7) is 0. The van der Waals surface area contributed by atoms with Crippen molar-refractivity contribution in [2.75, 3.05) is 0 Å². The van der Waals surface area contributed by atoms with Crippen LogP contribution in [-0.2, 0) is 0 Å². The molecule has 0 aromatic heterocycles. The molecule has 0 saturated carbocycles. The minimum atomic E-state index is 0.114. The Bertz CT molecular complexity index is 2720. The van der Waals surface area contributed by atoms with E-state index in [9.17, 15) is 42.1 Å². The van der Waals surface area contributed by atoms with E-state index in [2.05, 4.69) is 48.6 Å². The lowest BCUT2D eigenvalue weighted by molar-refractivity contribution is 1.43. The maximum Gasteiger partial charge on any atom is 0.100 e. The van der Waals surface area contributed by atoms with Gasteiger partial charge in [0.2, 0.25) is 0 Å². The molecule has 0 aliphatic heterocycles. The van der Waals surface area contributed by atoms with Crippen molar-refractivity contribution < 1.29 is 0 Å². The Kier molecular flexibility index (Phi) is 8.50. The van der Waals surface area contributed by atoms with Crippen LogP contribution >= 0.6 is 0 Å². The van der Waals surface area contributed by atoms with E-state index in [1.54, 1.807) is 12.1 Å². The van der Waals surface area contributed by atoms with E-state index in [4.69, 9.17) is 0 Å². The average Bonchev–Trinajstić information content (AvgIpc) is 3.72. The first-order chi connectivity index (χ1) is 26.4. The summed E-state index contributed by atoms with van der Waals surface area (Å²) >= 11 is 0. The van der Waals surface area contributed by atoms with Crippen molar-refractivity contribution in [2.24, 2.45) is 0 Å². The molecule has 0 unspecified atom stereocenters. The predicted molar refractivity (Wildman–Crippen MR) is 201 cm³/mol. The number of fused-ring (bicyclic) bond motifs is 2. The number of nitriles is 8. The summed E-state index contributed by atoms with van der Waals surface area (Å²) in [4.78, 5) is 0. The van der Waals surface area contributed by atoms with Gasteiger partial charge in [0.25, 0.3) is 0 Å². The number of allylic oxidation sites excluding steroid dienone is 8. The number of nitrogens with zero attached hydrogens (tertiary/aromatic N) is 8. The Labute approximate surface area is 310 Å². The Morgan fingerprint density at radius 1 is 0.352 bits per heavy atom. The normalized spacial score (nSPS) is 14.1. The SMILES string of the molecule is N#CC1=C(c2ccccc2)/C(=C(/C#N)c2cc(C#N)cc(C#N)c2)c2cc3c(cc21)/C(=C(\C#N)c1cc(C#N)cc(C#N)c1)C(c1ccccc1)=C3C#N. The fourth-order valence-corrected chi connectivity index (χ4v) is 7.09. The van der Waals surface area contributed by atoms with Gasteiger partial charge in [0.05, 0.1) is 68.8 Å². The Balaban J connectivity index is 1.66. The fourth-order valence-electron chi connectivity index (χ4n) is 7.09. The summed E-state index contributed by atoms with van der Waals surface area (Å²) in [5.74, 6) is 0. The molecule has 2 aliphatic carbocycles. The van der Waals surface area contributed by atoms with Crippen molar-refractivity contribution in [3.05, 3.63) is 176 Å². The van der Waals surface area contributed by atoms with Gasteiger partial charge < -0.3 is 0 Å². The van der Waals surface area contributed by atoms with E-state index >= 15 is 0 Å². The third-order valence-corrected chi connectivity index (χ3v) is 9.27. The first-order valence-electron chi connectivity index (χ1n) is 16.2. The highest BCUT2D eigenvalue weighted by atomic mass is 14.4. The quantitative estimate of drug-likeness (QED) is 0.168. The Hall–Kier alpha value is -9.02. The highest BCUT2D eigenvalue weighted by Gasteiger charge is 2.37. The molecule has 0 atom stereocenters. The van der Waals surface area contributed by atoms with Gasteiger partial charge in [-0.15, -0.1) is 0 Å². The molecular formula is C46H18N8. The first kappa shape index (κ1) is 33.5. The number of benzene rings is 5. The van der Waals surface area contributed by atoms with Crippen molar-refractivity contribution in [3.63, 3.8) is 0 Å². The number of hydrogen-bond acceptors (Lipinski definition) is 8. The van der Waals surface area contributed by atoms with Crippen LogP contribution in [0.3, 0.4) is 0 Å². The van der Waals surface area contributed by atoms with Crippen molar-refractivity contribution >= 4 is 44.6 Å². The second-order valence-electron chi connectivity index (χ2n) is 12.2. The van der Waals surface area contributed by atoms with E-state index in [0.29, 0.717) is 66.8 Å². The molecule has 0 heterocycles. The van der Waals surface area contributed by atoms with Crippen LogP contribution < -0.4 is 0 Å². The number of rotatable bonds is 4. The third-order valence-electron chi connectivity index (χ3n) is 9.27. The average molecular weight is 683 g/mol. The maximum absolute atomic E-state index is 10.9. The molecule has 8 heteroatoms. The molecule has 242 valence electrons. The molecule has 5 aromatic carbocycles. The molecule has 7 rings (SSSR count). The van der Waals surface area contributed by atoms with Gasteiger partial charge in [0.15, 0.2) is 0 Å². The molecule has 0 fully saturated rings. The highest BCUT2D eigenvalue weighted by Crippen LogP contribution is 2.55. The molecule has 0 saturated heterocycles. The lowest BCUT2D eigenvalue weighted by Crippen LogP contribution is -1.97. The van der Waals surface area contributed by atoms with Crippen molar-refractivity contribution in [3.8, 4) is 48.6 Å². The molecule has 0 spiro atoms. The zero-order valence-electron chi connectivity index (χ0n) is 28.0. The van der Waals surface area contributed by atoms with Gasteiger partial charge in [0.1, 0.15) is 24.3 Å². The lowest BCUT2D eigenvalue weighted by Gasteiger charge is -2.14. The van der Waals surface area contributed by atoms with E-state index in [-0.39, 0.29) is 44.5 Å². The van der Waals surface area contributed by atoms with Crippen LogP contribution in [0.4, 0.5) is 0 Å². The third kappa shape index (κ3) is 5.35. The summed E-state index contributed by atoms with van der Waals surface area (Å²) in [5, 5.41) is 82.5. The second-order valence-corrected chi connectivity index (χ2v) is 12.2. The van der Waals surface area contributed by atoms with E-state index in [1.165, 1.54) is 36.4 Å². The van der Waals surface area contributed by atoms with Crippen LogP contribution in [0, 0.1) is 90.6 Å². The minimum absolute atomic E-state index is 0.114. The summed E-state index contributed by atoms with van der Waals surface area (Å²) in [5.41, 5.74) is 6.80. The van der Waals surface area contributed by atoms with Gasteiger partial charge in [-0.2, -0.15) is 42.1 Å². The van der Waals surface area contributed by atoms with Crippen LogP contribution in [0.2, 0.25) is 0 Å². The summed E-state index contributed by atoms with van der Waals surface area (Å²) in [6, 6.07) is 48.1. The van der Waals surface area contributed by atoms with Crippen molar-refractivity contribution in [1.82, 2.24) is 0 Å². The van der Waals surface area contributed by atoms with Gasteiger partial charge in [0, 0.05) is 33.4 Å². The van der Waals surface area contributed by atoms with Gasteiger partial charge in [-0.05, 0) is 81.9 Å². The van der Waals surface area contributed by atoms with Gasteiger partial charge in [-0.25, -0.2) is 0 Å². The topological polar surface area (TPSA) is 190 Å². The predicted octanol–water partition coefficient (Wildman–Crippen LogP) is 8.94. The van der Waals surface area contributed by atoms with Crippen LogP contribution in [-0.4, -0.2) is 0 Å². The smallest absolute Gasteiger partial charge is 0.100 e. The molecule has 0 radical (unpaired) electrons. The fraction of sp³-hybridized carbons (Fsp3) is 0. The Morgan fingerprint density at radius 2 is 0.685 bits per heavy atom. The molecule has 5 aromatic rings. The van der Waals surface area contributed by atoms with E-state index in [1.807, 2.05) is 60.7 Å². The highest BCUT2D eigenvalue weighted by molar-refractivity contribution is 6.34. The molecular weight excluding hydrogens is 665 g/mol. The van der Waals surface area contributed by atoms with E-state index < -0.39 is 0 Å². The summed E-state index contributed by atoms with van der Waals surface area (Å²) in [6.07, 6.45) is 0. The standard InChI is InChI=1S/C46H18N8/c47-19-27-11-28(20-48)14-33(13-27)39(23-51)45-37-18-36-38(17-35(37)41(25-53)43(45)31-7-3-1-4-8-31)46(44(42(36)26-54)32-9-5-2-6-10-32)40(24-52)34-15-29(21-49)12-30(16-34)22-50/h1-18H/b45-39-,46-40-.